The van der Waals surface area contributed by atoms with Crippen LogP contribution in [0.25, 0.3) is 11.4 Å². The second-order valence-electron chi connectivity index (χ2n) is 7.34. The Bertz CT molecular complexity index is 1030. The number of fused-ring (bicyclic) bond motifs is 1. The number of hydrogen-bond acceptors (Lipinski definition) is 7. The first-order chi connectivity index (χ1) is 13.0. The first-order valence-electron chi connectivity index (χ1n) is 8.86. The minimum absolute atomic E-state index is 0.0344. The van der Waals surface area contributed by atoms with E-state index in [1.165, 1.54) is 6.39 Å². The molecule has 1 aromatic carbocycles. The molecule has 0 radical (unpaired) electrons. The zero-order chi connectivity index (χ0) is 18.6. The molecule has 8 nitrogen and oxygen atoms in total. The summed E-state index contributed by atoms with van der Waals surface area (Å²) >= 11 is 0. The van der Waals surface area contributed by atoms with Crippen molar-refractivity contribution in [3.05, 3.63) is 47.5 Å². The van der Waals surface area contributed by atoms with E-state index in [0.717, 1.165) is 24.0 Å². The van der Waals surface area contributed by atoms with Crippen LogP contribution in [0.1, 0.15) is 53.5 Å². The van der Waals surface area contributed by atoms with Crippen LogP contribution >= 0.6 is 0 Å². The number of hydrogen-bond donors (Lipinski definition) is 1. The Balaban J connectivity index is 1.36. The van der Waals surface area contributed by atoms with Crippen LogP contribution in [-0.2, 0) is 5.41 Å². The zero-order valence-electron chi connectivity index (χ0n) is 15.0. The van der Waals surface area contributed by atoms with E-state index in [-0.39, 0.29) is 23.1 Å². The molecule has 138 valence electrons. The summed E-state index contributed by atoms with van der Waals surface area (Å²) in [5, 5.41) is 7.02. The van der Waals surface area contributed by atoms with Gasteiger partial charge in [0, 0.05) is 16.5 Å². The summed E-state index contributed by atoms with van der Waals surface area (Å²) in [5.74, 6) is 1.85. The van der Waals surface area contributed by atoms with Crippen LogP contribution in [0.3, 0.4) is 0 Å². The van der Waals surface area contributed by atoms with Crippen molar-refractivity contribution in [2.24, 2.45) is 0 Å². The largest absolute Gasteiger partial charge is 0.491 e. The van der Waals surface area contributed by atoms with E-state index >= 15 is 0 Å². The van der Waals surface area contributed by atoms with Crippen LogP contribution in [0.4, 0.5) is 0 Å². The molecule has 1 aliphatic heterocycles. The van der Waals surface area contributed by atoms with E-state index in [4.69, 9.17) is 13.7 Å². The highest BCUT2D eigenvalue weighted by molar-refractivity contribution is 5.92. The average Bonchev–Trinajstić information content (AvgIpc) is 3.07. The standard InChI is InChI=1S/C19H18N4O4/c1-10-15(26-9-20-10)17(24)21-13-8-25-14-7-11(3-4-12(13)14)16-22-18(27-23-16)19(2)5-6-19/h3-4,7,9,13H,5-6,8H2,1-2H3,(H,21,24)/t13-/m1/s1. The van der Waals surface area contributed by atoms with Crippen molar-refractivity contribution in [3.8, 4) is 17.1 Å². The van der Waals surface area contributed by atoms with Crippen molar-refractivity contribution < 1.29 is 18.5 Å². The number of aryl methyl sites for hydroxylation is 1. The van der Waals surface area contributed by atoms with Gasteiger partial charge in [-0.2, -0.15) is 4.98 Å². The van der Waals surface area contributed by atoms with Crippen molar-refractivity contribution in [3.63, 3.8) is 0 Å². The second-order valence-corrected chi connectivity index (χ2v) is 7.34. The fraction of sp³-hybridized carbons (Fsp3) is 0.368. The average molecular weight is 366 g/mol. The van der Waals surface area contributed by atoms with Crippen LogP contribution in [0.5, 0.6) is 5.75 Å². The van der Waals surface area contributed by atoms with Crippen molar-refractivity contribution in [2.75, 3.05) is 6.61 Å². The minimum Gasteiger partial charge on any atom is -0.491 e. The van der Waals surface area contributed by atoms with E-state index in [9.17, 15) is 4.79 Å². The molecular formula is C19H18N4O4. The molecule has 1 aliphatic carbocycles. The van der Waals surface area contributed by atoms with E-state index in [0.29, 0.717) is 29.8 Å². The lowest BCUT2D eigenvalue weighted by molar-refractivity contribution is 0.0901. The van der Waals surface area contributed by atoms with Gasteiger partial charge < -0.3 is 19.0 Å². The Morgan fingerprint density at radius 3 is 2.93 bits per heavy atom. The Hall–Kier alpha value is -3.16. The highest BCUT2D eigenvalue weighted by Gasteiger charge is 2.44. The van der Waals surface area contributed by atoms with Gasteiger partial charge in [-0.1, -0.05) is 24.2 Å². The third kappa shape index (κ3) is 2.68. The number of carbonyl (C=O) groups excluding carboxylic acids is 1. The smallest absolute Gasteiger partial charge is 0.289 e. The van der Waals surface area contributed by atoms with Crippen molar-refractivity contribution in [2.45, 2.75) is 38.1 Å². The molecule has 0 unspecified atom stereocenters. The van der Waals surface area contributed by atoms with E-state index < -0.39 is 0 Å². The summed E-state index contributed by atoms with van der Waals surface area (Å²) in [6.07, 6.45) is 3.42. The first-order valence-corrected chi connectivity index (χ1v) is 8.86. The van der Waals surface area contributed by atoms with Crippen LogP contribution in [0.15, 0.2) is 33.5 Å². The summed E-state index contributed by atoms with van der Waals surface area (Å²) in [6.45, 7) is 4.21. The molecule has 1 N–H and O–H groups in total. The number of carbonyl (C=O) groups is 1. The van der Waals surface area contributed by atoms with Gasteiger partial charge in [0.05, 0.1) is 11.7 Å². The van der Waals surface area contributed by atoms with Crippen LogP contribution in [0.2, 0.25) is 0 Å². The number of rotatable bonds is 4. The van der Waals surface area contributed by atoms with Gasteiger partial charge in [-0.3, -0.25) is 4.79 Å². The van der Waals surface area contributed by atoms with Crippen molar-refractivity contribution in [1.29, 1.82) is 0 Å². The molecule has 1 atom stereocenters. The van der Waals surface area contributed by atoms with Crippen molar-refractivity contribution in [1.82, 2.24) is 20.4 Å². The molecule has 1 fully saturated rings. The third-order valence-corrected chi connectivity index (χ3v) is 5.25. The van der Waals surface area contributed by atoms with Gasteiger partial charge in [0.15, 0.2) is 6.39 Å². The van der Waals surface area contributed by atoms with Gasteiger partial charge in [0.25, 0.3) is 5.91 Å². The van der Waals surface area contributed by atoms with Gasteiger partial charge in [0.1, 0.15) is 12.4 Å². The third-order valence-electron chi connectivity index (χ3n) is 5.25. The summed E-state index contributed by atoms with van der Waals surface area (Å²) in [4.78, 5) is 20.8. The predicted octanol–water partition coefficient (Wildman–Crippen LogP) is 2.95. The molecule has 0 saturated heterocycles. The van der Waals surface area contributed by atoms with E-state index in [2.05, 4.69) is 27.4 Å². The second kappa shape index (κ2) is 5.67. The fourth-order valence-corrected chi connectivity index (χ4v) is 3.20. The summed E-state index contributed by atoms with van der Waals surface area (Å²) in [5.41, 5.74) is 2.32. The van der Waals surface area contributed by atoms with Gasteiger partial charge in [-0.25, -0.2) is 4.98 Å². The van der Waals surface area contributed by atoms with E-state index in [1.807, 2.05) is 18.2 Å². The van der Waals surface area contributed by atoms with Gasteiger partial charge >= 0.3 is 0 Å². The molecule has 8 heteroatoms. The summed E-state index contributed by atoms with van der Waals surface area (Å²) in [7, 11) is 0. The number of nitrogens with one attached hydrogen (secondary N) is 1. The quantitative estimate of drug-likeness (QED) is 0.757. The Morgan fingerprint density at radius 1 is 1.33 bits per heavy atom. The monoisotopic (exact) mass is 366 g/mol. The number of nitrogens with zero attached hydrogens (tertiary/aromatic N) is 3. The van der Waals surface area contributed by atoms with Gasteiger partial charge in [-0.05, 0) is 25.8 Å². The topological polar surface area (TPSA) is 103 Å². The van der Waals surface area contributed by atoms with E-state index in [1.54, 1.807) is 6.92 Å². The van der Waals surface area contributed by atoms with Crippen LogP contribution < -0.4 is 10.1 Å². The Kier molecular flexibility index (Phi) is 3.37. The lowest BCUT2D eigenvalue weighted by Crippen LogP contribution is -2.29. The van der Waals surface area contributed by atoms with Gasteiger partial charge in [-0.15, -0.1) is 0 Å². The molecule has 0 bridgehead atoms. The molecule has 0 spiro atoms. The molecule has 2 aromatic heterocycles. The maximum absolute atomic E-state index is 12.4. The summed E-state index contributed by atoms with van der Waals surface area (Å²) in [6, 6.07) is 5.46. The zero-order valence-corrected chi connectivity index (χ0v) is 15.0. The normalized spacial score (nSPS) is 19.4. The molecule has 1 amide bonds. The lowest BCUT2D eigenvalue weighted by atomic mass is 10.1. The number of benzene rings is 1. The number of amides is 1. The molecule has 3 heterocycles. The molecular weight excluding hydrogens is 348 g/mol. The molecule has 3 aromatic rings. The van der Waals surface area contributed by atoms with Crippen LogP contribution in [-0.4, -0.2) is 27.6 Å². The Labute approximate surface area is 154 Å². The van der Waals surface area contributed by atoms with Gasteiger partial charge in [0.2, 0.25) is 17.5 Å². The molecule has 1 saturated carbocycles. The molecule has 27 heavy (non-hydrogen) atoms. The number of ether oxygens (including phenoxy) is 1. The number of oxazole rings is 1. The lowest BCUT2D eigenvalue weighted by Gasteiger charge is -2.10. The highest BCUT2D eigenvalue weighted by Crippen LogP contribution is 2.47. The van der Waals surface area contributed by atoms with Crippen LogP contribution in [0, 0.1) is 6.92 Å². The Morgan fingerprint density at radius 2 is 2.19 bits per heavy atom. The first kappa shape index (κ1) is 16.0. The molecule has 5 rings (SSSR count). The predicted molar refractivity (Wildman–Crippen MR) is 93.3 cm³/mol. The fourth-order valence-electron chi connectivity index (χ4n) is 3.20. The maximum Gasteiger partial charge on any atom is 0.289 e. The highest BCUT2D eigenvalue weighted by atomic mass is 16.5. The minimum atomic E-state index is -0.309. The number of aromatic nitrogens is 3. The molecule has 2 aliphatic rings. The SMILES string of the molecule is Cc1ncoc1C(=O)N[C@@H]1COc2cc(-c3noc(C4(C)CC4)n3)ccc21. The maximum atomic E-state index is 12.4. The summed E-state index contributed by atoms with van der Waals surface area (Å²) < 4.78 is 16.3. The van der Waals surface area contributed by atoms with Crippen molar-refractivity contribution >= 4 is 5.91 Å².